The first-order valence-corrected chi connectivity index (χ1v) is 7.96. The van der Waals surface area contributed by atoms with Crippen LogP contribution in [0.5, 0.6) is 0 Å². The molecule has 1 aromatic carbocycles. The molecular weight excluding hydrogens is 349 g/mol. The van der Waals surface area contributed by atoms with Gasteiger partial charge in [-0.1, -0.05) is 19.1 Å². The number of hydrogen-bond acceptors (Lipinski definition) is 4. The van der Waals surface area contributed by atoms with Crippen molar-refractivity contribution in [2.24, 2.45) is 5.92 Å². The number of nitrogens with one attached hydrogen (secondary N) is 2. The minimum atomic E-state index is -0.0689. The van der Waals surface area contributed by atoms with Gasteiger partial charge in [0.05, 0.1) is 23.6 Å². The molecule has 3 atom stereocenters. The van der Waals surface area contributed by atoms with Crippen molar-refractivity contribution in [3.63, 3.8) is 0 Å². The summed E-state index contributed by atoms with van der Waals surface area (Å²) in [5.41, 5.74) is 1.94. The molecule has 1 saturated heterocycles. The largest absolute Gasteiger partial charge is 0.372 e. The zero-order chi connectivity index (χ0) is 16.1. The number of nitrogens with zero attached hydrogens (tertiary/aromatic N) is 1. The Labute approximate surface area is 157 Å². The molecule has 0 saturated carbocycles. The number of morpholine rings is 1. The average molecular weight is 378 g/mol. The first-order chi connectivity index (χ1) is 10.5. The molecule has 138 valence electrons. The SMILES string of the molecule is CNCC(C)C(=O)Nc1ccccc1N1CC(C)OC(C)C1.Cl.Cl. The fraction of sp³-hybridized carbons (Fsp3) is 0.588. The predicted octanol–water partition coefficient (Wildman–Crippen LogP) is 2.94. The van der Waals surface area contributed by atoms with E-state index in [9.17, 15) is 4.79 Å². The Morgan fingerprint density at radius 3 is 2.42 bits per heavy atom. The van der Waals surface area contributed by atoms with Crippen molar-refractivity contribution in [2.45, 2.75) is 33.0 Å². The molecule has 1 aliphatic heterocycles. The van der Waals surface area contributed by atoms with Crippen LogP contribution in [0.25, 0.3) is 0 Å². The number of benzene rings is 1. The zero-order valence-electron chi connectivity index (χ0n) is 14.7. The van der Waals surface area contributed by atoms with Crippen molar-refractivity contribution in [3.8, 4) is 0 Å². The Kier molecular flexibility index (Phi) is 10.3. The van der Waals surface area contributed by atoms with Crippen LogP contribution in [0.1, 0.15) is 20.8 Å². The van der Waals surface area contributed by atoms with Crippen molar-refractivity contribution in [1.29, 1.82) is 0 Å². The van der Waals surface area contributed by atoms with Gasteiger partial charge in [-0.15, -0.1) is 24.8 Å². The predicted molar refractivity (Wildman–Crippen MR) is 105 cm³/mol. The summed E-state index contributed by atoms with van der Waals surface area (Å²) in [6.45, 7) is 8.43. The van der Waals surface area contributed by atoms with E-state index >= 15 is 0 Å². The second kappa shape index (κ2) is 10.8. The lowest BCUT2D eigenvalue weighted by molar-refractivity contribution is -0.119. The highest BCUT2D eigenvalue weighted by Gasteiger charge is 2.24. The lowest BCUT2D eigenvalue weighted by Gasteiger charge is -2.37. The first-order valence-electron chi connectivity index (χ1n) is 7.96. The standard InChI is InChI=1S/C17H27N3O2.2ClH/c1-12(9-18-4)17(21)19-15-7-5-6-8-16(15)20-10-13(2)22-14(3)11-20;;/h5-8,12-14,18H,9-11H2,1-4H3,(H,19,21);2*1H. The van der Waals surface area contributed by atoms with Crippen molar-refractivity contribution in [1.82, 2.24) is 5.32 Å². The van der Waals surface area contributed by atoms with E-state index in [4.69, 9.17) is 4.74 Å². The van der Waals surface area contributed by atoms with Gasteiger partial charge >= 0.3 is 0 Å². The lowest BCUT2D eigenvalue weighted by atomic mass is 10.1. The average Bonchev–Trinajstić information content (AvgIpc) is 2.47. The molecule has 2 N–H and O–H groups in total. The number of anilines is 2. The Hall–Kier alpha value is -1.01. The van der Waals surface area contributed by atoms with Gasteiger partial charge in [0.2, 0.25) is 5.91 Å². The van der Waals surface area contributed by atoms with Gasteiger partial charge in [0.15, 0.2) is 0 Å². The number of para-hydroxylation sites is 2. The molecular formula is C17H29Cl2N3O2. The van der Waals surface area contributed by atoms with Gasteiger partial charge in [-0.05, 0) is 33.0 Å². The maximum Gasteiger partial charge on any atom is 0.228 e. The summed E-state index contributed by atoms with van der Waals surface area (Å²) < 4.78 is 5.79. The van der Waals surface area contributed by atoms with Crippen LogP contribution in [0.4, 0.5) is 11.4 Å². The highest BCUT2D eigenvalue weighted by molar-refractivity contribution is 5.95. The van der Waals surface area contributed by atoms with E-state index in [0.717, 1.165) is 24.5 Å². The van der Waals surface area contributed by atoms with E-state index < -0.39 is 0 Å². The van der Waals surface area contributed by atoms with Crippen LogP contribution in [-0.2, 0) is 9.53 Å². The molecule has 1 fully saturated rings. The lowest BCUT2D eigenvalue weighted by Crippen LogP contribution is -2.45. The summed E-state index contributed by atoms with van der Waals surface area (Å²) in [4.78, 5) is 14.6. The Morgan fingerprint density at radius 1 is 1.25 bits per heavy atom. The van der Waals surface area contributed by atoms with Crippen LogP contribution in [0.3, 0.4) is 0 Å². The maximum atomic E-state index is 12.3. The van der Waals surface area contributed by atoms with E-state index in [1.54, 1.807) is 0 Å². The van der Waals surface area contributed by atoms with Gasteiger partial charge in [0.25, 0.3) is 0 Å². The zero-order valence-corrected chi connectivity index (χ0v) is 16.4. The summed E-state index contributed by atoms with van der Waals surface area (Å²) in [6.07, 6.45) is 0.381. The maximum absolute atomic E-state index is 12.3. The van der Waals surface area contributed by atoms with Crippen LogP contribution in [0.2, 0.25) is 0 Å². The summed E-state index contributed by atoms with van der Waals surface area (Å²) in [6, 6.07) is 7.98. The van der Waals surface area contributed by atoms with Crippen LogP contribution in [-0.4, -0.2) is 44.8 Å². The number of rotatable bonds is 5. The van der Waals surface area contributed by atoms with Crippen LogP contribution >= 0.6 is 24.8 Å². The monoisotopic (exact) mass is 377 g/mol. The van der Waals surface area contributed by atoms with Gasteiger partial charge in [0.1, 0.15) is 0 Å². The number of ether oxygens (including phenoxy) is 1. The summed E-state index contributed by atoms with van der Waals surface area (Å²) in [5, 5.41) is 6.10. The first kappa shape index (κ1) is 23.0. The highest BCUT2D eigenvalue weighted by atomic mass is 35.5. The topological polar surface area (TPSA) is 53.6 Å². The fourth-order valence-corrected chi connectivity index (χ4v) is 2.88. The molecule has 1 aliphatic rings. The van der Waals surface area contributed by atoms with Crippen molar-refractivity contribution < 1.29 is 9.53 Å². The smallest absolute Gasteiger partial charge is 0.228 e. The summed E-state index contributed by atoms with van der Waals surface area (Å²) >= 11 is 0. The Morgan fingerprint density at radius 2 is 1.83 bits per heavy atom. The van der Waals surface area contributed by atoms with Crippen molar-refractivity contribution in [2.75, 3.05) is 36.9 Å². The van der Waals surface area contributed by atoms with E-state index in [1.807, 2.05) is 32.2 Å². The number of carbonyl (C=O) groups is 1. The molecule has 0 spiro atoms. The molecule has 0 radical (unpaired) electrons. The Bertz CT molecular complexity index is 506. The van der Waals surface area contributed by atoms with Crippen molar-refractivity contribution >= 4 is 42.1 Å². The molecule has 2 rings (SSSR count). The van der Waals surface area contributed by atoms with Gasteiger partial charge in [0, 0.05) is 25.6 Å². The minimum Gasteiger partial charge on any atom is -0.372 e. The van der Waals surface area contributed by atoms with Gasteiger partial charge < -0.3 is 20.3 Å². The van der Waals surface area contributed by atoms with Crippen LogP contribution < -0.4 is 15.5 Å². The normalized spacial score (nSPS) is 21.2. The second-order valence-electron chi connectivity index (χ2n) is 6.13. The molecule has 24 heavy (non-hydrogen) atoms. The molecule has 7 heteroatoms. The minimum absolute atomic E-state index is 0. The molecule has 1 amide bonds. The molecule has 0 aromatic heterocycles. The van der Waals surface area contributed by atoms with Gasteiger partial charge in [-0.2, -0.15) is 0 Å². The molecule has 1 heterocycles. The molecule has 5 nitrogen and oxygen atoms in total. The van der Waals surface area contributed by atoms with Crippen molar-refractivity contribution in [3.05, 3.63) is 24.3 Å². The van der Waals surface area contributed by atoms with Gasteiger partial charge in [-0.25, -0.2) is 0 Å². The highest BCUT2D eigenvalue weighted by Crippen LogP contribution is 2.28. The van der Waals surface area contributed by atoms with Crippen LogP contribution in [0.15, 0.2) is 24.3 Å². The third-order valence-corrected chi connectivity index (χ3v) is 3.88. The van der Waals surface area contributed by atoms with E-state index in [1.165, 1.54) is 0 Å². The van der Waals surface area contributed by atoms with E-state index in [0.29, 0.717) is 6.54 Å². The number of carbonyl (C=O) groups excluding carboxylic acids is 1. The molecule has 3 unspecified atom stereocenters. The Balaban J connectivity index is 0.00000264. The summed E-state index contributed by atoms with van der Waals surface area (Å²) in [7, 11) is 1.86. The van der Waals surface area contributed by atoms with Crippen LogP contribution in [0, 0.1) is 5.92 Å². The molecule has 0 bridgehead atoms. The quantitative estimate of drug-likeness (QED) is 0.827. The number of hydrogen-bond donors (Lipinski definition) is 2. The third kappa shape index (κ3) is 6.13. The third-order valence-electron chi connectivity index (χ3n) is 3.88. The van der Waals surface area contributed by atoms with E-state index in [-0.39, 0.29) is 48.8 Å². The number of halogens is 2. The second-order valence-corrected chi connectivity index (χ2v) is 6.13. The number of amides is 1. The fourth-order valence-electron chi connectivity index (χ4n) is 2.88. The van der Waals surface area contributed by atoms with E-state index in [2.05, 4.69) is 35.4 Å². The molecule has 1 aromatic rings. The summed E-state index contributed by atoms with van der Waals surface area (Å²) in [5.74, 6) is -0.0308. The molecule has 0 aliphatic carbocycles. The van der Waals surface area contributed by atoms with Gasteiger partial charge in [-0.3, -0.25) is 4.79 Å².